The predicted octanol–water partition coefficient (Wildman–Crippen LogP) is 1.07. The van der Waals surface area contributed by atoms with E-state index >= 15 is 0 Å². The van der Waals surface area contributed by atoms with Gasteiger partial charge in [0.25, 0.3) is 0 Å². The van der Waals surface area contributed by atoms with Gasteiger partial charge in [0.2, 0.25) is 11.8 Å². The maximum atomic E-state index is 12.0. The minimum Gasteiger partial charge on any atom is -0.355 e. The summed E-state index contributed by atoms with van der Waals surface area (Å²) in [4.78, 5) is 28.2. The first-order valence-electron chi connectivity index (χ1n) is 9.20. The Kier molecular flexibility index (Phi) is 8.70. The van der Waals surface area contributed by atoms with Crippen molar-refractivity contribution in [2.45, 2.75) is 53.5 Å². The highest BCUT2D eigenvalue weighted by Crippen LogP contribution is 2.16. The molecule has 2 amide bonds. The lowest BCUT2D eigenvalue weighted by Crippen LogP contribution is -2.52. The van der Waals surface area contributed by atoms with Crippen molar-refractivity contribution in [1.29, 1.82) is 0 Å². The Balaban J connectivity index is 2.19. The average Bonchev–Trinajstić information content (AvgIpc) is 2.47. The molecule has 0 aliphatic carbocycles. The van der Waals surface area contributed by atoms with Gasteiger partial charge in [0.15, 0.2) is 0 Å². The molecule has 2 N–H and O–H groups in total. The Morgan fingerprint density at radius 2 is 1.50 bits per heavy atom. The normalized spacial score (nSPS) is 18.2. The summed E-state index contributed by atoms with van der Waals surface area (Å²) in [7, 11) is 0. The molecule has 1 fully saturated rings. The molecule has 1 unspecified atom stereocenters. The fourth-order valence-electron chi connectivity index (χ4n) is 2.57. The van der Waals surface area contributed by atoms with Gasteiger partial charge in [-0.15, -0.1) is 0 Å². The quantitative estimate of drug-likeness (QED) is 0.694. The molecule has 1 aliphatic rings. The van der Waals surface area contributed by atoms with Crippen LogP contribution in [0.5, 0.6) is 0 Å². The molecule has 0 aromatic rings. The number of hydrogen-bond donors (Lipinski definition) is 2. The molecule has 1 rings (SSSR count). The SMILES string of the molecule is CCC(C)NC(=O)CN1CCN(CC(=O)NCCC(C)(C)C)CC1. The van der Waals surface area contributed by atoms with Crippen molar-refractivity contribution < 1.29 is 9.59 Å². The third-order valence-corrected chi connectivity index (χ3v) is 4.42. The first kappa shape index (κ1) is 20.9. The lowest BCUT2D eigenvalue weighted by Gasteiger charge is -2.34. The topological polar surface area (TPSA) is 64.7 Å². The third-order valence-electron chi connectivity index (χ3n) is 4.42. The molecule has 0 radical (unpaired) electrons. The second-order valence-corrected chi connectivity index (χ2v) is 8.09. The van der Waals surface area contributed by atoms with Gasteiger partial charge in [0, 0.05) is 38.8 Å². The van der Waals surface area contributed by atoms with Gasteiger partial charge in [-0.1, -0.05) is 27.7 Å². The number of rotatable bonds is 8. The number of nitrogens with zero attached hydrogens (tertiary/aromatic N) is 2. The van der Waals surface area contributed by atoms with E-state index in [-0.39, 0.29) is 23.3 Å². The molecular formula is C18H36N4O2. The highest BCUT2D eigenvalue weighted by Gasteiger charge is 2.21. The van der Waals surface area contributed by atoms with Crippen molar-refractivity contribution in [2.75, 3.05) is 45.8 Å². The Morgan fingerprint density at radius 1 is 1.00 bits per heavy atom. The molecule has 1 saturated heterocycles. The Hall–Kier alpha value is -1.14. The smallest absolute Gasteiger partial charge is 0.234 e. The van der Waals surface area contributed by atoms with E-state index in [2.05, 4.69) is 48.1 Å². The summed E-state index contributed by atoms with van der Waals surface area (Å²) in [6, 6.07) is 0.232. The highest BCUT2D eigenvalue weighted by molar-refractivity contribution is 5.78. The van der Waals surface area contributed by atoms with Gasteiger partial charge in [-0.2, -0.15) is 0 Å². The Bertz CT molecular complexity index is 398. The van der Waals surface area contributed by atoms with Crippen LogP contribution in [0.2, 0.25) is 0 Å². The molecule has 0 aromatic heterocycles. The second-order valence-electron chi connectivity index (χ2n) is 8.09. The number of nitrogens with one attached hydrogen (secondary N) is 2. The largest absolute Gasteiger partial charge is 0.355 e. The highest BCUT2D eigenvalue weighted by atomic mass is 16.2. The van der Waals surface area contributed by atoms with Crippen LogP contribution in [0.4, 0.5) is 0 Å². The van der Waals surface area contributed by atoms with E-state index in [1.807, 2.05) is 6.92 Å². The summed E-state index contributed by atoms with van der Waals surface area (Å²) in [5.74, 6) is 0.194. The monoisotopic (exact) mass is 340 g/mol. The average molecular weight is 341 g/mol. The van der Waals surface area contributed by atoms with Gasteiger partial charge >= 0.3 is 0 Å². The molecule has 1 atom stereocenters. The first-order chi connectivity index (χ1) is 11.2. The van der Waals surface area contributed by atoms with Gasteiger partial charge in [0.05, 0.1) is 13.1 Å². The molecule has 6 heteroatoms. The number of hydrogen-bond acceptors (Lipinski definition) is 4. The van der Waals surface area contributed by atoms with Crippen molar-refractivity contribution in [3.8, 4) is 0 Å². The second kappa shape index (κ2) is 9.99. The summed E-state index contributed by atoms with van der Waals surface area (Å²) in [5.41, 5.74) is 0.245. The van der Waals surface area contributed by atoms with Crippen LogP contribution in [0.1, 0.15) is 47.5 Å². The number of piperazine rings is 1. The van der Waals surface area contributed by atoms with Crippen molar-refractivity contribution >= 4 is 11.8 Å². The zero-order valence-corrected chi connectivity index (χ0v) is 16.2. The van der Waals surface area contributed by atoms with Gasteiger partial charge < -0.3 is 10.6 Å². The fourth-order valence-corrected chi connectivity index (χ4v) is 2.57. The summed E-state index contributed by atoms with van der Waals surface area (Å²) >= 11 is 0. The summed E-state index contributed by atoms with van der Waals surface area (Å²) in [6.45, 7) is 15.6. The van der Waals surface area contributed by atoms with E-state index in [0.29, 0.717) is 13.1 Å². The van der Waals surface area contributed by atoms with Crippen LogP contribution in [0.3, 0.4) is 0 Å². The van der Waals surface area contributed by atoms with E-state index in [1.165, 1.54) is 0 Å². The van der Waals surface area contributed by atoms with E-state index in [1.54, 1.807) is 0 Å². The molecule has 1 heterocycles. The molecule has 0 saturated carbocycles. The van der Waals surface area contributed by atoms with Gasteiger partial charge in [0.1, 0.15) is 0 Å². The van der Waals surface area contributed by atoms with Gasteiger partial charge in [-0.05, 0) is 25.2 Å². The van der Waals surface area contributed by atoms with Crippen LogP contribution in [0.15, 0.2) is 0 Å². The molecular weight excluding hydrogens is 304 g/mol. The summed E-state index contributed by atoms with van der Waals surface area (Å²) < 4.78 is 0. The maximum Gasteiger partial charge on any atom is 0.234 e. The maximum absolute atomic E-state index is 12.0. The fraction of sp³-hybridized carbons (Fsp3) is 0.889. The third kappa shape index (κ3) is 9.23. The van der Waals surface area contributed by atoms with Crippen LogP contribution in [-0.4, -0.2) is 73.5 Å². The van der Waals surface area contributed by atoms with Crippen molar-refractivity contribution in [1.82, 2.24) is 20.4 Å². The predicted molar refractivity (Wildman–Crippen MR) is 97.9 cm³/mol. The molecule has 1 aliphatic heterocycles. The van der Waals surface area contributed by atoms with Crippen LogP contribution in [0, 0.1) is 5.41 Å². The lowest BCUT2D eigenvalue weighted by atomic mass is 9.92. The molecule has 0 spiro atoms. The van der Waals surface area contributed by atoms with Gasteiger partial charge in [-0.3, -0.25) is 19.4 Å². The zero-order chi connectivity index (χ0) is 18.2. The standard InChI is InChI=1S/C18H36N4O2/c1-6-15(2)20-17(24)14-22-11-9-21(10-12-22)13-16(23)19-8-7-18(3,4)5/h15H,6-14H2,1-5H3,(H,19,23)(H,20,24). The molecule has 140 valence electrons. The van der Waals surface area contributed by atoms with Crippen molar-refractivity contribution in [3.63, 3.8) is 0 Å². The van der Waals surface area contributed by atoms with Gasteiger partial charge in [-0.25, -0.2) is 0 Å². The van der Waals surface area contributed by atoms with Crippen LogP contribution in [0.25, 0.3) is 0 Å². The van der Waals surface area contributed by atoms with E-state index in [4.69, 9.17) is 0 Å². The minimum atomic E-state index is 0.0951. The van der Waals surface area contributed by atoms with Crippen LogP contribution in [-0.2, 0) is 9.59 Å². The van der Waals surface area contributed by atoms with E-state index < -0.39 is 0 Å². The molecule has 24 heavy (non-hydrogen) atoms. The Morgan fingerprint density at radius 3 is 1.96 bits per heavy atom. The summed E-state index contributed by atoms with van der Waals surface area (Å²) in [6.07, 6.45) is 1.93. The number of carbonyl (C=O) groups is 2. The Labute approximate surface area is 147 Å². The lowest BCUT2D eigenvalue weighted by molar-refractivity contribution is -0.125. The van der Waals surface area contributed by atoms with Crippen molar-refractivity contribution in [3.05, 3.63) is 0 Å². The summed E-state index contributed by atoms with van der Waals surface area (Å²) in [5, 5.41) is 6.00. The van der Waals surface area contributed by atoms with Crippen molar-refractivity contribution in [2.24, 2.45) is 5.41 Å². The molecule has 6 nitrogen and oxygen atoms in total. The number of amides is 2. The first-order valence-corrected chi connectivity index (χ1v) is 9.20. The van der Waals surface area contributed by atoms with E-state index in [9.17, 15) is 9.59 Å². The molecule has 0 aromatic carbocycles. The molecule has 0 bridgehead atoms. The van der Waals surface area contributed by atoms with E-state index in [0.717, 1.165) is 45.6 Å². The number of carbonyl (C=O) groups excluding carboxylic acids is 2. The minimum absolute atomic E-state index is 0.0951. The zero-order valence-electron chi connectivity index (χ0n) is 16.2. The van der Waals surface area contributed by atoms with Crippen LogP contribution < -0.4 is 10.6 Å². The van der Waals surface area contributed by atoms with Crippen LogP contribution >= 0.6 is 0 Å².